The molecule has 2 amide bonds. The summed E-state index contributed by atoms with van der Waals surface area (Å²) in [6.45, 7) is 4.98. The molecular weight excluding hydrogens is 550 g/mol. The average Bonchev–Trinajstić information content (AvgIpc) is 2.90. The minimum Gasteiger partial charge on any atom is -0.356 e. The second-order valence-corrected chi connectivity index (χ2v) is 11.8. The summed E-state index contributed by atoms with van der Waals surface area (Å²) in [5.74, 6) is -0.136. The van der Waals surface area contributed by atoms with E-state index in [0.717, 1.165) is 32.1 Å². The lowest BCUT2D eigenvalue weighted by Crippen LogP contribution is -2.35. The van der Waals surface area contributed by atoms with Crippen LogP contribution in [-0.2, 0) is 32.2 Å². The molecule has 0 radical (unpaired) electrons. The van der Waals surface area contributed by atoms with E-state index in [-0.39, 0.29) is 37.4 Å². The fourth-order valence-electron chi connectivity index (χ4n) is 3.17. The van der Waals surface area contributed by atoms with Gasteiger partial charge in [-0.3, -0.25) is 18.6 Å². The molecule has 0 rings (SSSR count). The first kappa shape index (κ1) is 38.3. The second kappa shape index (κ2) is 26.2. The number of nitrogens with one attached hydrogen (secondary N) is 2. The molecule has 0 aliphatic heterocycles. The highest BCUT2D eigenvalue weighted by Gasteiger charge is 2.20. The Labute approximate surface area is 235 Å². The zero-order valence-corrected chi connectivity index (χ0v) is 25.3. The monoisotopic (exact) mass is 602 g/mol. The summed E-state index contributed by atoms with van der Waals surface area (Å²) >= 11 is 0. The van der Waals surface area contributed by atoms with Crippen molar-refractivity contribution in [2.45, 2.75) is 84.0 Å². The van der Waals surface area contributed by atoms with E-state index >= 15 is 0 Å². The number of hydrogen-bond donors (Lipinski definition) is 6. The summed E-state index contributed by atoms with van der Waals surface area (Å²) < 4.78 is 32.0. The normalized spacial score (nSPS) is 14.5. The number of hydrogen-bond acceptors (Lipinski definition) is 10. The highest BCUT2D eigenvalue weighted by molar-refractivity contribution is 7.47. The van der Waals surface area contributed by atoms with Gasteiger partial charge in [0.2, 0.25) is 11.8 Å². The summed E-state index contributed by atoms with van der Waals surface area (Å²) in [7, 11) is -5.93. The Hall–Kier alpha value is -0.720. The van der Waals surface area contributed by atoms with Gasteiger partial charge in [-0.2, -0.15) is 0 Å². The lowest BCUT2D eigenvalue weighted by atomic mass is 10.1. The van der Waals surface area contributed by atoms with Gasteiger partial charge in [-0.1, -0.05) is 6.92 Å². The highest BCUT2D eigenvalue weighted by atomic mass is 31.2. The smallest absolute Gasteiger partial charge is 0.356 e. The Kier molecular flexibility index (Phi) is 25.7. The van der Waals surface area contributed by atoms with Gasteiger partial charge < -0.3 is 40.9 Å². The third-order valence-corrected chi connectivity index (χ3v) is 7.33. The third-order valence-electron chi connectivity index (χ3n) is 5.50. The van der Waals surface area contributed by atoms with Crippen molar-refractivity contribution >= 4 is 28.2 Å². The van der Waals surface area contributed by atoms with Crippen LogP contribution in [0.3, 0.4) is 0 Å². The lowest BCUT2D eigenvalue weighted by molar-refractivity contribution is -0.121. The number of carbonyl (C=O) groups excluding carboxylic acids is 2. The average molecular weight is 603 g/mol. The molecule has 0 aromatic carbocycles. The van der Waals surface area contributed by atoms with Gasteiger partial charge in [-0.25, -0.2) is 4.57 Å². The molecule has 0 bridgehead atoms. The predicted molar refractivity (Wildman–Crippen MR) is 151 cm³/mol. The minimum atomic E-state index is -4.06. The van der Waals surface area contributed by atoms with Gasteiger partial charge in [0.15, 0.2) is 0 Å². The van der Waals surface area contributed by atoms with Crippen LogP contribution in [0, 0.1) is 5.92 Å². The van der Waals surface area contributed by atoms with E-state index in [1.165, 1.54) is 0 Å². The topological polar surface area (TPSA) is 205 Å². The van der Waals surface area contributed by atoms with Gasteiger partial charge in [0.05, 0.1) is 26.4 Å². The molecule has 3 unspecified atom stereocenters. The van der Waals surface area contributed by atoms with Crippen molar-refractivity contribution < 1.29 is 42.0 Å². The largest absolute Gasteiger partial charge is 0.472 e. The summed E-state index contributed by atoms with van der Waals surface area (Å²) in [6.07, 6.45) is 7.90. The molecule has 8 N–H and O–H groups in total. The van der Waals surface area contributed by atoms with Crippen molar-refractivity contribution in [3.05, 3.63) is 0 Å². The molecule has 0 saturated heterocycles. The van der Waals surface area contributed by atoms with E-state index in [2.05, 4.69) is 10.6 Å². The molecule has 39 heavy (non-hydrogen) atoms. The van der Waals surface area contributed by atoms with Crippen molar-refractivity contribution in [3.8, 4) is 0 Å². The maximum absolute atomic E-state index is 12.0. The predicted octanol–water partition coefficient (Wildman–Crippen LogP) is 2.84. The van der Waals surface area contributed by atoms with Crippen molar-refractivity contribution in [2.24, 2.45) is 17.4 Å². The van der Waals surface area contributed by atoms with Crippen molar-refractivity contribution in [2.75, 3.05) is 52.6 Å². The first-order chi connectivity index (χ1) is 18.7. The molecule has 0 aromatic heterocycles. The van der Waals surface area contributed by atoms with Gasteiger partial charge in [0.25, 0.3) is 0 Å². The Balaban J connectivity index is 3.67. The Morgan fingerprint density at radius 2 is 1.15 bits per heavy atom. The zero-order valence-electron chi connectivity index (χ0n) is 23.5. The molecule has 0 heterocycles. The summed E-state index contributed by atoms with van der Waals surface area (Å²) in [4.78, 5) is 43.3. The fraction of sp³-hybridized carbons (Fsp3) is 0.917. The lowest BCUT2D eigenvalue weighted by Gasteiger charge is -2.14. The van der Waals surface area contributed by atoms with Crippen LogP contribution < -0.4 is 22.1 Å². The van der Waals surface area contributed by atoms with Crippen molar-refractivity contribution in [1.82, 2.24) is 10.6 Å². The Morgan fingerprint density at radius 3 is 1.62 bits per heavy atom. The Morgan fingerprint density at radius 1 is 0.744 bits per heavy atom. The maximum atomic E-state index is 12.0. The van der Waals surface area contributed by atoms with Crippen LogP contribution in [0.15, 0.2) is 0 Å². The van der Waals surface area contributed by atoms with Crippen LogP contribution in [0.2, 0.25) is 0 Å². The van der Waals surface area contributed by atoms with Crippen LogP contribution in [0.25, 0.3) is 0 Å². The van der Waals surface area contributed by atoms with E-state index in [9.17, 15) is 23.9 Å². The van der Waals surface area contributed by atoms with Gasteiger partial charge in [-0.15, -0.1) is 0 Å². The van der Waals surface area contributed by atoms with Gasteiger partial charge in [0, 0.05) is 25.9 Å². The molecular formula is C24H52N4O9P2. The SMILES string of the molecule is CC(CNC(=O)CCCCOP(O)OCCCCCN)CNC(=O)CCCCOP(=O)(O)OCCCCCN. The summed E-state index contributed by atoms with van der Waals surface area (Å²) in [5.41, 5.74) is 10.8. The van der Waals surface area contributed by atoms with Crippen LogP contribution in [-0.4, -0.2) is 74.2 Å². The van der Waals surface area contributed by atoms with E-state index in [1.54, 1.807) is 0 Å². The number of rotatable bonds is 28. The van der Waals surface area contributed by atoms with E-state index in [4.69, 9.17) is 29.6 Å². The summed E-state index contributed by atoms with van der Waals surface area (Å²) in [5, 5.41) is 5.68. The van der Waals surface area contributed by atoms with Crippen LogP contribution >= 0.6 is 16.4 Å². The molecule has 3 atom stereocenters. The zero-order chi connectivity index (χ0) is 29.2. The number of phosphoric ester groups is 1. The van der Waals surface area contributed by atoms with Crippen LogP contribution in [0.4, 0.5) is 0 Å². The molecule has 0 spiro atoms. The van der Waals surface area contributed by atoms with Crippen LogP contribution in [0.5, 0.6) is 0 Å². The van der Waals surface area contributed by atoms with E-state index in [1.807, 2.05) is 6.92 Å². The number of carbonyl (C=O) groups is 2. The molecule has 0 fully saturated rings. The fourth-order valence-corrected chi connectivity index (χ4v) is 4.61. The summed E-state index contributed by atoms with van der Waals surface area (Å²) in [6, 6.07) is 0. The first-order valence-electron chi connectivity index (χ1n) is 14.0. The van der Waals surface area contributed by atoms with E-state index in [0.29, 0.717) is 77.9 Å². The molecule has 0 aliphatic rings. The standard InChI is InChI=1S/C24H52N4O9P2/c1-22(20-27-23(29)12-4-10-17-35-38(31)34-16-8-2-6-14-25)21-28-24(30)13-5-11-19-37-39(32,33)36-18-9-3-7-15-26/h22,31H,2-21,25-26H2,1H3,(H,27,29)(H,28,30)(H,32,33). The molecule has 0 aromatic rings. The molecule has 13 nitrogen and oxygen atoms in total. The second-order valence-electron chi connectivity index (χ2n) is 9.37. The number of amides is 2. The van der Waals surface area contributed by atoms with E-state index < -0.39 is 16.4 Å². The highest BCUT2D eigenvalue weighted by Crippen LogP contribution is 2.43. The van der Waals surface area contributed by atoms with Gasteiger partial charge in [-0.05, 0) is 83.2 Å². The molecule has 0 saturated carbocycles. The third kappa shape index (κ3) is 27.2. The number of nitrogens with two attached hydrogens (primary N) is 2. The molecule has 232 valence electrons. The van der Waals surface area contributed by atoms with Gasteiger partial charge >= 0.3 is 16.4 Å². The number of unbranched alkanes of at least 4 members (excludes halogenated alkanes) is 6. The Bertz CT molecular complexity index is 665. The first-order valence-corrected chi connectivity index (χ1v) is 16.6. The molecule has 15 heteroatoms. The van der Waals surface area contributed by atoms with Crippen molar-refractivity contribution in [3.63, 3.8) is 0 Å². The molecule has 0 aliphatic carbocycles. The maximum Gasteiger partial charge on any atom is 0.472 e. The van der Waals surface area contributed by atoms with Gasteiger partial charge in [0.1, 0.15) is 0 Å². The minimum absolute atomic E-state index is 0.0311. The number of phosphoric acid groups is 1. The quantitative estimate of drug-likeness (QED) is 0.0567. The van der Waals surface area contributed by atoms with Crippen molar-refractivity contribution in [1.29, 1.82) is 0 Å². The van der Waals surface area contributed by atoms with Crippen LogP contribution in [0.1, 0.15) is 84.0 Å².